The van der Waals surface area contributed by atoms with Gasteiger partial charge in [0.1, 0.15) is 0 Å². The average Bonchev–Trinajstić information content (AvgIpc) is 2.54. The average molecular weight is 214 g/mol. The van der Waals surface area contributed by atoms with Crippen LogP contribution in [0.25, 0.3) is 0 Å². The zero-order valence-electron chi connectivity index (χ0n) is 10.6. The van der Waals surface area contributed by atoms with E-state index >= 15 is 0 Å². The second kappa shape index (κ2) is 5.28. The molecule has 1 fully saturated rings. The van der Waals surface area contributed by atoms with E-state index in [9.17, 15) is 0 Å². The lowest BCUT2D eigenvalue weighted by atomic mass is 9.85. The molecule has 0 radical (unpaired) electrons. The van der Waals surface area contributed by atoms with E-state index in [-0.39, 0.29) is 11.5 Å². The Balaban J connectivity index is 2.31. The second-order valence-corrected chi connectivity index (χ2v) is 5.61. The Morgan fingerprint density at radius 2 is 2.20 bits per heavy atom. The molecule has 0 aliphatic carbocycles. The van der Waals surface area contributed by atoms with Crippen molar-refractivity contribution in [1.29, 1.82) is 0 Å². The Kier molecular flexibility index (Phi) is 4.56. The largest absolute Gasteiger partial charge is 0.377 e. The molecular formula is C12H26N2O. The molecule has 0 saturated carbocycles. The summed E-state index contributed by atoms with van der Waals surface area (Å²) in [6.45, 7) is 9.54. The standard InChI is InChI=1S/C12H26N2O/c1-10(13)12(2,3)9-14(4)8-11-6-5-7-15-11/h10-11H,5-9,13H2,1-4H3. The number of hydrogen-bond acceptors (Lipinski definition) is 3. The molecule has 3 nitrogen and oxygen atoms in total. The van der Waals surface area contributed by atoms with Crippen LogP contribution in [-0.4, -0.2) is 43.8 Å². The molecule has 0 aromatic heterocycles. The fraction of sp³-hybridized carbons (Fsp3) is 1.00. The molecule has 90 valence electrons. The summed E-state index contributed by atoms with van der Waals surface area (Å²) in [6.07, 6.45) is 2.87. The molecule has 0 amide bonds. The van der Waals surface area contributed by atoms with Crippen molar-refractivity contribution in [2.75, 3.05) is 26.7 Å². The molecule has 0 bridgehead atoms. The maximum absolute atomic E-state index is 5.97. The van der Waals surface area contributed by atoms with Crippen molar-refractivity contribution >= 4 is 0 Å². The molecule has 15 heavy (non-hydrogen) atoms. The summed E-state index contributed by atoms with van der Waals surface area (Å²) in [5.74, 6) is 0. The van der Waals surface area contributed by atoms with Gasteiger partial charge < -0.3 is 15.4 Å². The van der Waals surface area contributed by atoms with Crippen molar-refractivity contribution in [2.24, 2.45) is 11.1 Å². The number of hydrogen-bond donors (Lipinski definition) is 1. The van der Waals surface area contributed by atoms with Crippen LogP contribution >= 0.6 is 0 Å². The first kappa shape index (κ1) is 12.9. The van der Waals surface area contributed by atoms with Crippen LogP contribution < -0.4 is 5.73 Å². The van der Waals surface area contributed by atoms with Gasteiger partial charge in [-0.1, -0.05) is 13.8 Å². The fourth-order valence-electron chi connectivity index (χ4n) is 2.04. The number of nitrogens with two attached hydrogens (primary N) is 1. The lowest BCUT2D eigenvalue weighted by Gasteiger charge is -2.34. The van der Waals surface area contributed by atoms with Crippen molar-refractivity contribution in [1.82, 2.24) is 4.90 Å². The maximum Gasteiger partial charge on any atom is 0.0702 e. The molecule has 0 spiro atoms. The summed E-state index contributed by atoms with van der Waals surface area (Å²) in [5, 5.41) is 0. The van der Waals surface area contributed by atoms with Gasteiger partial charge in [-0.25, -0.2) is 0 Å². The summed E-state index contributed by atoms with van der Waals surface area (Å²) < 4.78 is 5.63. The van der Waals surface area contributed by atoms with Crippen LogP contribution in [0.2, 0.25) is 0 Å². The predicted octanol–water partition coefficient (Wildman–Crippen LogP) is 1.47. The lowest BCUT2D eigenvalue weighted by Crippen LogP contribution is -2.44. The molecule has 2 atom stereocenters. The fourth-order valence-corrected chi connectivity index (χ4v) is 2.04. The van der Waals surface area contributed by atoms with Gasteiger partial charge in [0.25, 0.3) is 0 Å². The van der Waals surface area contributed by atoms with Gasteiger partial charge in [0.05, 0.1) is 6.10 Å². The minimum atomic E-state index is 0.174. The van der Waals surface area contributed by atoms with Crippen LogP contribution in [-0.2, 0) is 4.74 Å². The smallest absolute Gasteiger partial charge is 0.0702 e. The summed E-state index contributed by atoms with van der Waals surface area (Å²) in [4.78, 5) is 2.35. The van der Waals surface area contributed by atoms with Crippen molar-refractivity contribution in [3.63, 3.8) is 0 Å². The van der Waals surface area contributed by atoms with E-state index < -0.39 is 0 Å². The van der Waals surface area contributed by atoms with E-state index in [1.54, 1.807) is 0 Å². The summed E-state index contributed by atoms with van der Waals surface area (Å²) in [5.41, 5.74) is 6.14. The highest BCUT2D eigenvalue weighted by molar-refractivity contribution is 4.81. The van der Waals surface area contributed by atoms with Crippen molar-refractivity contribution < 1.29 is 4.74 Å². The zero-order valence-corrected chi connectivity index (χ0v) is 10.6. The van der Waals surface area contributed by atoms with Gasteiger partial charge in [-0.3, -0.25) is 0 Å². The minimum Gasteiger partial charge on any atom is -0.377 e. The van der Waals surface area contributed by atoms with Crippen LogP contribution in [0.15, 0.2) is 0 Å². The summed E-state index contributed by atoms with van der Waals surface area (Å²) in [6, 6.07) is 0.226. The normalized spacial score (nSPS) is 24.8. The Bertz CT molecular complexity index is 186. The van der Waals surface area contributed by atoms with Crippen molar-refractivity contribution in [2.45, 2.75) is 45.8 Å². The molecule has 1 aliphatic rings. The van der Waals surface area contributed by atoms with Crippen molar-refractivity contribution in [3.05, 3.63) is 0 Å². The molecule has 1 saturated heterocycles. The second-order valence-electron chi connectivity index (χ2n) is 5.61. The lowest BCUT2D eigenvalue weighted by molar-refractivity contribution is 0.0666. The van der Waals surface area contributed by atoms with Gasteiger partial charge in [0.15, 0.2) is 0 Å². The van der Waals surface area contributed by atoms with Gasteiger partial charge in [0.2, 0.25) is 0 Å². The SMILES string of the molecule is CC(N)C(C)(C)CN(C)CC1CCCO1. The van der Waals surface area contributed by atoms with Gasteiger partial charge in [0, 0.05) is 25.7 Å². The summed E-state index contributed by atoms with van der Waals surface area (Å²) >= 11 is 0. The van der Waals surface area contributed by atoms with E-state index in [1.807, 2.05) is 0 Å². The Labute approximate surface area is 94.0 Å². The molecule has 2 N–H and O–H groups in total. The highest BCUT2D eigenvalue weighted by Crippen LogP contribution is 2.21. The Hall–Kier alpha value is -0.120. The van der Waals surface area contributed by atoms with Gasteiger partial charge in [-0.05, 0) is 32.2 Å². The third-order valence-corrected chi connectivity index (χ3v) is 3.45. The highest BCUT2D eigenvalue weighted by Gasteiger charge is 2.26. The van der Waals surface area contributed by atoms with E-state index in [0.29, 0.717) is 6.10 Å². The highest BCUT2D eigenvalue weighted by atomic mass is 16.5. The van der Waals surface area contributed by atoms with E-state index in [1.165, 1.54) is 12.8 Å². The molecule has 1 aliphatic heterocycles. The number of likely N-dealkylation sites (N-methyl/N-ethyl adjacent to an activating group) is 1. The molecular weight excluding hydrogens is 188 g/mol. The third kappa shape index (κ3) is 4.09. The van der Waals surface area contributed by atoms with Gasteiger partial charge in [-0.2, -0.15) is 0 Å². The Morgan fingerprint density at radius 1 is 1.53 bits per heavy atom. The Morgan fingerprint density at radius 3 is 2.67 bits per heavy atom. The molecule has 3 heteroatoms. The van der Waals surface area contributed by atoms with Gasteiger partial charge in [-0.15, -0.1) is 0 Å². The molecule has 1 rings (SSSR count). The van der Waals surface area contributed by atoms with Crippen LogP contribution in [0.4, 0.5) is 0 Å². The van der Waals surface area contributed by atoms with Crippen LogP contribution in [0.1, 0.15) is 33.6 Å². The maximum atomic E-state index is 5.97. The molecule has 0 aromatic rings. The van der Waals surface area contributed by atoms with E-state index in [4.69, 9.17) is 10.5 Å². The number of nitrogens with zero attached hydrogens (tertiary/aromatic N) is 1. The minimum absolute atomic E-state index is 0.174. The van der Waals surface area contributed by atoms with Crippen molar-refractivity contribution in [3.8, 4) is 0 Å². The molecule has 1 heterocycles. The predicted molar refractivity (Wildman–Crippen MR) is 63.9 cm³/mol. The first-order valence-electron chi connectivity index (χ1n) is 5.97. The third-order valence-electron chi connectivity index (χ3n) is 3.45. The van der Waals surface area contributed by atoms with Crippen LogP contribution in [0.5, 0.6) is 0 Å². The molecule has 0 aromatic carbocycles. The monoisotopic (exact) mass is 214 g/mol. The quantitative estimate of drug-likeness (QED) is 0.753. The number of ether oxygens (including phenoxy) is 1. The van der Waals surface area contributed by atoms with Crippen LogP contribution in [0.3, 0.4) is 0 Å². The van der Waals surface area contributed by atoms with Crippen LogP contribution in [0, 0.1) is 5.41 Å². The first-order valence-corrected chi connectivity index (χ1v) is 5.97. The number of rotatable bonds is 5. The molecule has 2 unspecified atom stereocenters. The van der Waals surface area contributed by atoms with E-state index in [0.717, 1.165) is 19.7 Å². The summed E-state index contributed by atoms with van der Waals surface area (Å²) in [7, 11) is 2.16. The first-order chi connectivity index (χ1) is 6.92. The topological polar surface area (TPSA) is 38.5 Å². The van der Waals surface area contributed by atoms with Gasteiger partial charge >= 0.3 is 0 Å². The van der Waals surface area contributed by atoms with E-state index in [2.05, 4.69) is 32.7 Å². The zero-order chi connectivity index (χ0) is 11.5.